The summed E-state index contributed by atoms with van der Waals surface area (Å²) in [6.07, 6.45) is 4.00. The molecule has 1 fully saturated rings. The Labute approximate surface area is 120 Å². The number of carbonyl (C=O) groups excluding carboxylic acids is 1. The SMILES string of the molecule is CCNC(C)C1CCCN(c2ccc(C(N)=O)cn2)C1. The van der Waals surface area contributed by atoms with Crippen LogP contribution in [0.25, 0.3) is 0 Å². The van der Waals surface area contributed by atoms with Gasteiger partial charge in [0.25, 0.3) is 0 Å². The minimum atomic E-state index is -0.429. The third-order valence-electron chi connectivity index (χ3n) is 4.05. The highest BCUT2D eigenvalue weighted by molar-refractivity contribution is 5.92. The fourth-order valence-corrected chi connectivity index (χ4v) is 2.83. The minimum absolute atomic E-state index is 0.429. The third kappa shape index (κ3) is 3.48. The summed E-state index contributed by atoms with van der Waals surface area (Å²) in [6, 6.07) is 4.16. The number of aromatic nitrogens is 1. The van der Waals surface area contributed by atoms with E-state index in [9.17, 15) is 4.79 Å². The number of piperidine rings is 1. The monoisotopic (exact) mass is 276 g/mol. The number of hydrogen-bond donors (Lipinski definition) is 2. The van der Waals surface area contributed by atoms with E-state index in [0.717, 1.165) is 25.5 Å². The van der Waals surface area contributed by atoms with E-state index in [2.05, 4.69) is 29.0 Å². The lowest BCUT2D eigenvalue weighted by molar-refractivity contribution is 0.1000. The molecule has 1 aliphatic rings. The van der Waals surface area contributed by atoms with E-state index in [1.165, 1.54) is 12.8 Å². The smallest absolute Gasteiger partial charge is 0.250 e. The number of primary amides is 1. The third-order valence-corrected chi connectivity index (χ3v) is 4.05. The summed E-state index contributed by atoms with van der Waals surface area (Å²) in [5, 5.41) is 3.50. The number of pyridine rings is 1. The fraction of sp³-hybridized carbons (Fsp3) is 0.600. The first-order chi connectivity index (χ1) is 9.61. The Kier molecular flexibility index (Phi) is 4.95. The summed E-state index contributed by atoms with van der Waals surface area (Å²) in [4.78, 5) is 17.7. The summed E-state index contributed by atoms with van der Waals surface area (Å²) >= 11 is 0. The van der Waals surface area contributed by atoms with Gasteiger partial charge in [0.2, 0.25) is 5.91 Å². The standard InChI is InChI=1S/C15H24N4O/c1-3-17-11(2)13-5-4-8-19(10-13)14-7-6-12(9-18-14)15(16)20/h6-7,9,11,13,17H,3-5,8,10H2,1-2H3,(H2,16,20). The topological polar surface area (TPSA) is 71.2 Å². The van der Waals surface area contributed by atoms with Crippen molar-refractivity contribution in [3.63, 3.8) is 0 Å². The zero-order valence-electron chi connectivity index (χ0n) is 12.3. The van der Waals surface area contributed by atoms with Crippen molar-refractivity contribution in [2.24, 2.45) is 11.7 Å². The van der Waals surface area contributed by atoms with Crippen LogP contribution in [-0.4, -0.2) is 36.6 Å². The average molecular weight is 276 g/mol. The first kappa shape index (κ1) is 14.8. The van der Waals surface area contributed by atoms with E-state index in [-0.39, 0.29) is 0 Å². The van der Waals surface area contributed by atoms with Crippen molar-refractivity contribution in [3.05, 3.63) is 23.9 Å². The highest BCUT2D eigenvalue weighted by atomic mass is 16.1. The molecule has 0 spiro atoms. The summed E-state index contributed by atoms with van der Waals surface area (Å²) in [6.45, 7) is 7.43. The van der Waals surface area contributed by atoms with Crippen LogP contribution in [0.1, 0.15) is 37.0 Å². The van der Waals surface area contributed by atoms with E-state index in [1.807, 2.05) is 6.07 Å². The van der Waals surface area contributed by atoms with Crippen LogP contribution in [0.3, 0.4) is 0 Å². The first-order valence-electron chi connectivity index (χ1n) is 7.36. The van der Waals surface area contributed by atoms with Gasteiger partial charge in [-0.1, -0.05) is 6.92 Å². The van der Waals surface area contributed by atoms with Gasteiger partial charge >= 0.3 is 0 Å². The number of amides is 1. The van der Waals surface area contributed by atoms with E-state index in [1.54, 1.807) is 12.3 Å². The maximum Gasteiger partial charge on any atom is 0.250 e. The maximum atomic E-state index is 11.1. The van der Waals surface area contributed by atoms with Crippen molar-refractivity contribution in [1.29, 1.82) is 0 Å². The van der Waals surface area contributed by atoms with Crippen LogP contribution in [0.4, 0.5) is 5.82 Å². The highest BCUT2D eigenvalue weighted by Crippen LogP contribution is 2.23. The molecule has 3 N–H and O–H groups in total. The van der Waals surface area contributed by atoms with E-state index in [0.29, 0.717) is 17.5 Å². The lowest BCUT2D eigenvalue weighted by Crippen LogP contribution is -2.44. The molecule has 110 valence electrons. The van der Waals surface area contributed by atoms with Gasteiger partial charge in [0, 0.05) is 25.3 Å². The van der Waals surface area contributed by atoms with E-state index < -0.39 is 5.91 Å². The van der Waals surface area contributed by atoms with Crippen molar-refractivity contribution in [2.45, 2.75) is 32.7 Å². The molecule has 0 saturated carbocycles. The molecule has 0 aliphatic carbocycles. The predicted molar refractivity (Wildman–Crippen MR) is 80.8 cm³/mol. The van der Waals surface area contributed by atoms with Crippen molar-refractivity contribution >= 4 is 11.7 Å². The lowest BCUT2D eigenvalue weighted by atomic mass is 9.91. The van der Waals surface area contributed by atoms with Gasteiger partial charge in [-0.15, -0.1) is 0 Å². The summed E-state index contributed by atoms with van der Waals surface area (Å²) in [5.41, 5.74) is 5.70. The molecular weight excluding hydrogens is 252 g/mol. The Morgan fingerprint density at radius 2 is 2.40 bits per heavy atom. The van der Waals surface area contributed by atoms with Crippen molar-refractivity contribution in [3.8, 4) is 0 Å². The fourth-order valence-electron chi connectivity index (χ4n) is 2.83. The normalized spacial score (nSPS) is 20.7. The van der Waals surface area contributed by atoms with Crippen molar-refractivity contribution < 1.29 is 4.79 Å². The van der Waals surface area contributed by atoms with Crippen LogP contribution in [0.15, 0.2) is 18.3 Å². The van der Waals surface area contributed by atoms with E-state index in [4.69, 9.17) is 5.73 Å². The molecule has 1 aromatic rings. The number of nitrogens with one attached hydrogen (secondary N) is 1. The molecule has 2 unspecified atom stereocenters. The molecule has 0 aromatic carbocycles. The second-order valence-electron chi connectivity index (χ2n) is 5.46. The van der Waals surface area contributed by atoms with Crippen LogP contribution in [0, 0.1) is 5.92 Å². The van der Waals surface area contributed by atoms with Crippen LogP contribution in [0.5, 0.6) is 0 Å². The van der Waals surface area contributed by atoms with Crippen molar-refractivity contribution in [2.75, 3.05) is 24.5 Å². The number of carbonyl (C=O) groups is 1. The quantitative estimate of drug-likeness (QED) is 0.852. The molecule has 20 heavy (non-hydrogen) atoms. The van der Waals surface area contributed by atoms with Gasteiger partial charge in [-0.25, -0.2) is 4.98 Å². The Morgan fingerprint density at radius 3 is 3.00 bits per heavy atom. The summed E-state index contributed by atoms with van der Waals surface area (Å²) in [7, 11) is 0. The Balaban J connectivity index is 2.03. The predicted octanol–water partition coefficient (Wildman–Crippen LogP) is 1.39. The second-order valence-corrected chi connectivity index (χ2v) is 5.46. The minimum Gasteiger partial charge on any atom is -0.366 e. The highest BCUT2D eigenvalue weighted by Gasteiger charge is 2.24. The number of rotatable bonds is 5. The summed E-state index contributed by atoms with van der Waals surface area (Å²) < 4.78 is 0. The molecule has 0 radical (unpaired) electrons. The lowest BCUT2D eigenvalue weighted by Gasteiger charge is -2.36. The molecular formula is C15H24N4O. The largest absolute Gasteiger partial charge is 0.366 e. The Hall–Kier alpha value is -1.62. The Bertz CT molecular complexity index is 446. The van der Waals surface area contributed by atoms with Gasteiger partial charge in [-0.3, -0.25) is 4.79 Å². The van der Waals surface area contributed by atoms with Gasteiger partial charge in [-0.2, -0.15) is 0 Å². The number of hydrogen-bond acceptors (Lipinski definition) is 4. The summed E-state index contributed by atoms with van der Waals surface area (Å²) in [5.74, 6) is 1.14. The second kappa shape index (κ2) is 6.70. The molecule has 1 saturated heterocycles. The Morgan fingerprint density at radius 1 is 1.60 bits per heavy atom. The zero-order valence-corrected chi connectivity index (χ0v) is 12.3. The molecule has 0 bridgehead atoms. The van der Waals surface area contributed by atoms with E-state index >= 15 is 0 Å². The van der Waals surface area contributed by atoms with Crippen LogP contribution in [0.2, 0.25) is 0 Å². The molecule has 5 nitrogen and oxygen atoms in total. The molecule has 1 aromatic heterocycles. The zero-order chi connectivity index (χ0) is 14.5. The van der Waals surface area contributed by atoms with Crippen molar-refractivity contribution in [1.82, 2.24) is 10.3 Å². The molecule has 1 amide bonds. The van der Waals surface area contributed by atoms with Gasteiger partial charge in [0.05, 0.1) is 5.56 Å². The van der Waals surface area contributed by atoms with Crippen LogP contribution < -0.4 is 16.0 Å². The number of nitrogens with zero attached hydrogens (tertiary/aromatic N) is 2. The van der Waals surface area contributed by atoms with Gasteiger partial charge in [-0.05, 0) is 44.4 Å². The molecule has 1 aliphatic heterocycles. The molecule has 2 atom stereocenters. The maximum absolute atomic E-state index is 11.1. The number of nitrogens with two attached hydrogens (primary N) is 1. The van der Waals surface area contributed by atoms with Crippen LogP contribution in [-0.2, 0) is 0 Å². The average Bonchev–Trinajstić information content (AvgIpc) is 2.48. The van der Waals surface area contributed by atoms with Gasteiger partial charge in [0.15, 0.2) is 0 Å². The first-order valence-corrected chi connectivity index (χ1v) is 7.36. The number of anilines is 1. The molecule has 2 rings (SSSR count). The van der Waals surface area contributed by atoms with Crippen LogP contribution >= 0.6 is 0 Å². The van der Waals surface area contributed by atoms with Gasteiger partial charge < -0.3 is 16.0 Å². The molecule has 2 heterocycles. The van der Waals surface area contributed by atoms with Gasteiger partial charge in [0.1, 0.15) is 5.82 Å². The molecule has 5 heteroatoms.